The van der Waals surface area contributed by atoms with Gasteiger partial charge in [0, 0.05) is 18.0 Å². The van der Waals surface area contributed by atoms with Gasteiger partial charge in [0.2, 0.25) is 5.89 Å². The maximum Gasteiger partial charge on any atom is 0.280 e. The summed E-state index contributed by atoms with van der Waals surface area (Å²) in [6.07, 6.45) is 0. The van der Waals surface area contributed by atoms with E-state index in [1.807, 2.05) is 55.5 Å². The Morgan fingerprint density at radius 3 is 2.59 bits per heavy atom. The van der Waals surface area contributed by atoms with Gasteiger partial charge in [-0.25, -0.2) is 4.98 Å². The summed E-state index contributed by atoms with van der Waals surface area (Å²) in [5.41, 5.74) is 3.60. The summed E-state index contributed by atoms with van der Waals surface area (Å²) in [6, 6.07) is 15.6. The lowest BCUT2D eigenvalue weighted by Crippen LogP contribution is -2.17. The van der Waals surface area contributed by atoms with Crippen LogP contribution in [0.5, 0.6) is 0 Å². The molecule has 0 saturated heterocycles. The molecule has 0 aliphatic heterocycles. The molecule has 0 amide bonds. The second-order valence-electron chi connectivity index (χ2n) is 5.39. The lowest BCUT2D eigenvalue weighted by atomic mass is 10.1. The minimum atomic E-state index is -0.141. The number of benzene rings is 2. The average Bonchev–Trinajstić information content (AvgIpc) is 2.98. The number of pyridine rings is 1. The van der Waals surface area contributed by atoms with Crippen molar-refractivity contribution in [3.8, 4) is 11.5 Å². The van der Waals surface area contributed by atoms with Crippen LogP contribution in [0.25, 0.3) is 33.5 Å². The van der Waals surface area contributed by atoms with Gasteiger partial charge in [-0.1, -0.05) is 30.3 Å². The number of hydrogen-bond acceptors (Lipinski definition) is 3. The van der Waals surface area contributed by atoms with Crippen LogP contribution < -0.4 is 5.56 Å². The van der Waals surface area contributed by atoms with Crippen molar-refractivity contribution in [1.29, 1.82) is 0 Å². The van der Waals surface area contributed by atoms with Crippen molar-refractivity contribution < 1.29 is 4.42 Å². The number of fused-ring (bicyclic) bond motifs is 3. The maximum atomic E-state index is 12.5. The number of aryl methyl sites for hydroxylation is 2. The Balaban J connectivity index is 2.15. The van der Waals surface area contributed by atoms with Crippen LogP contribution in [0, 0.1) is 6.92 Å². The van der Waals surface area contributed by atoms with Crippen LogP contribution in [-0.4, -0.2) is 9.55 Å². The molecule has 4 nitrogen and oxygen atoms in total. The lowest BCUT2D eigenvalue weighted by molar-refractivity contribution is 0.622. The largest absolute Gasteiger partial charge is 0.435 e. The van der Waals surface area contributed by atoms with E-state index in [4.69, 9.17) is 4.42 Å². The Kier molecular flexibility index (Phi) is 2.66. The topological polar surface area (TPSA) is 48.0 Å². The molecular weight excluding hydrogens is 276 g/mol. The standard InChI is InChI=1S/C18H14N2O2/c1-11-7-3-4-8-12(11)17-19-15-16(22-17)13-9-5-6-10-14(13)20(2)18(15)21/h3-10H,1-2H3. The molecule has 0 N–H and O–H groups in total. The molecule has 0 aliphatic carbocycles. The Labute approximate surface area is 126 Å². The van der Waals surface area contributed by atoms with E-state index < -0.39 is 0 Å². The quantitative estimate of drug-likeness (QED) is 0.537. The fourth-order valence-corrected chi connectivity index (χ4v) is 2.80. The molecule has 2 aromatic carbocycles. The summed E-state index contributed by atoms with van der Waals surface area (Å²) >= 11 is 0. The molecule has 0 spiro atoms. The minimum absolute atomic E-state index is 0.141. The zero-order chi connectivity index (χ0) is 15.3. The Bertz CT molecular complexity index is 1070. The van der Waals surface area contributed by atoms with Crippen molar-refractivity contribution in [3.05, 3.63) is 64.4 Å². The first-order valence-electron chi connectivity index (χ1n) is 7.11. The molecule has 2 aromatic heterocycles. The van der Waals surface area contributed by atoms with E-state index in [0.29, 0.717) is 17.0 Å². The number of rotatable bonds is 1. The SMILES string of the molecule is Cc1ccccc1-c1nc2c(=O)n(C)c3ccccc3c2o1. The predicted octanol–water partition coefficient (Wildman–Crippen LogP) is 3.66. The van der Waals surface area contributed by atoms with Gasteiger partial charge in [0.05, 0.1) is 5.52 Å². The molecule has 0 atom stereocenters. The van der Waals surface area contributed by atoms with Crippen LogP contribution in [0.2, 0.25) is 0 Å². The summed E-state index contributed by atoms with van der Waals surface area (Å²) in [4.78, 5) is 17.0. The highest BCUT2D eigenvalue weighted by Gasteiger charge is 2.17. The van der Waals surface area contributed by atoms with E-state index in [0.717, 1.165) is 22.0 Å². The summed E-state index contributed by atoms with van der Waals surface area (Å²) < 4.78 is 7.57. The molecule has 0 unspecified atom stereocenters. The van der Waals surface area contributed by atoms with Gasteiger partial charge >= 0.3 is 0 Å². The highest BCUT2D eigenvalue weighted by Crippen LogP contribution is 2.29. The summed E-state index contributed by atoms with van der Waals surface area (Å²) in [7, 11) is 1.76. The van der Waals surface area contributed by atoms with Crippen molar-refractivity contribution in [2.45, 2.75) is 6.92 Å². The molecule has 0 fully saturated rings. The molecular formula is C18H14N2O2. The Hall–Kier alpha value is -2.88. The van der Waals surface area contributed by atoms with Gasteiger partial charge in [0.15, 0.2) is 11.1 Å². The van der Waals surface area contributed by atoms with Gasteiger partial charge in [0.1, 0.15) is 0 Å². The zero-order valence-electron chi connectivity index (χ0n) is 12.3. The molecule has 0 saturated carbocycles. The number of aromatic nitrogens is 2. The van der Waals surface area contributed by atoms with Crippen molar-refractivity contribution in [2.75, 3.05) is 0 Å². The first-order chi connectivity index (χ1) is 10.7. The summed E-state index contributed by atoms with van der Waals surface area (Å²) in [5.74, 6) is 0.488. The van der Waals surface area contributed by atoms with Crippen LogP contribution in [0.15, 0.2) is 57.7 Å². The van der Waals surface area contributed by atoms with Crippen LogP contribution in [0.4, 0.5) is 0 Å². The normalized spacial score (nSPS) is 11.4. The van der Waals surface area contributed by atoms with E-state index >= 15 is 0 Å². The molecule has 0 radical (unpaired) electrons. The Morgan fingerprint density at radius 1 is 1.05 bits per heavy atom. The number of nitrogens with zero attached hydrogens (tertiary/aromatic N) is 2. The van der Waals surface area contributed by atoms with E-state index in [1.165, 1.54) is 0 Å². The van der Waals surface area contributed by atoms with Crippen molar-refractivity contribution >= 4 is 22.0 Å². The highest BCUT2D eigenvalue weighted by atomic mass is 16.3. The van der Waals surface area contributed by atoms with Crippen molar-refractivity contribution in [3.63, 3.8) is 0 Å². The van der Waals surface area contributed by atoms with E-state index in [-0.39, 0.29) is 5.56 Å². The molecule has 0 aliphatic rings. The zero-order valence-corrected chi connectivity index (χ0v) is 12.3. The number of para-hydroxylation sites is 1. The summed E-state index contributed by atoms with van der Waals surface area (Å²) in [6.45, 7) is 2.00. The minimum Gasteiger partial charge on any atom is -0.435 e. The molecule has 4 heteroatoms. The fourth-order valence-electron chi connectivity index (χ4n) is 2.80. The van der Waals surface area contributed by atoms with Gasteiger partial charge in [0.25, 0.3) is 5.56 Å². The van der Waals surface area contributed by atoms with Gasteiger partial charge in [-0.2, -0.15) is 0 Å². The predicted molar refractivity (Wildman–Crippen MR) is 86.9 cm³/mol. The van der Waals surface area contributed by atoms with Gasteiger partial charge in [-0.05, 0) is 30.7 Å². The third-order valence-corrected chi connectivity index (χ3v) is 4.02. The second kappa shape index (κ2) is 4.56. The van der Waals surface area contributed by atoms with Crippen molar-refractivity contribution in [2.24, 2.45) is 7.05 Å². The number of hydrogen-bond donors (Lipinski definition) is 0. The summed E-state index contributed by atoms with van der Waals surface area (Å²) in [5, 5.41) is 0.895. The van der Waals surface area contributed by atoms with Crippen LogP contribution in [0.3, 0.4) is 0 Å². The third kappa shape index (κ3) is 1.70. The Morgan fingerprint density at radius 2 is 1.77 bits per heavy atom. The molecule has 108 valence electrons. The van der Waals surface area contributed by atoms with Gasteiger partial charge in [-0.15, -0.1) is 0 Å². The second-order valence-corrected chi connectivity index (χ2v) is 5.39. The maximum absolute atomic E-state index is 12.5. The fraction of sp³-hybridized carbons (Fsp3) is 0.111. The van der Waals surface area contributed by atoms with Crippen LogP contribution in [-0.2, 0) is 7.05 Å². The van der Waals surface area contributed by atoms with Gasteiger partial charge in [-0.3, -0.25) is 4.79 Å². The third-order valence-electron chi connectivity index (χ3n) is 4.02. The monoisotopic (exact) mass is 290 g/mol. The lowest BCUT2D eigenvalue weighted by Gasteiger charge is -2.03. The van der Waals surface area contributed by atoms with E-state index in [9.17, 15) is 4.79 Å². The average molecular weight is 290 g/mol. The van der Waals surface area contributed by atoms with Crippen LogP contribution in [0.1, 0.15) is 5.56 Å². The van der Waals surface area contributed by atoms with Crippen molar-refractivity contribution in [1.82, 2.24) is 9.55 Å². The van der Waals surface area contributed by atoms with E-state index in [1.54, 1.807) is 11.6 Å². The molecule has 0 bridgehead atoms. The highest BCUT2D eigenvalue weighted by molar-refractivity contribution is 6.01. The molecule has 2 heterocycles. The van der Waals surface area contributed by atoms with E-state index in [2.05, 4.69) is 4.98 Å². The van der Waals surface area contributed by atoms with Crippen LogP contribution >= 0.6 is 0 Å². The first kappa shape index (κ1) is 12.8. The molecule has 4 rings (SSSR count). The first-order valence-corrected chi connectivity index (χ1v) is 7.11. The smallest absolute Gasteiger partial charge is 0.280 e. The number of oxazole rings is 1. The molecule has 4 aromatic rings. The van der Waals surface area contributed by atoms with Gasteiger partial charge < -0.3 is 8.98 Å². The molecule has 22 heavy (non-hydrogen) atoms.